The van der Waals surface area contributed by atoms with Gasteiger partial charge in [0.15, 0.2) is 0 Å². The molecule has 1 atom stereocenters. The normalized spacial score (nSPS) is 27.6. The van der Waals surface area contributed by atoms with Crippen molar-refractivity contribution < 1.29 is 4.74 Å². The Morgan fingerprint density at radius 1 is 1.33 bits per heavy atom. The third-order valence-corrected chi connectivity index (χ3v) is 5.59. The molecule has 1 fully saturated rings. The van der Waals surface area contributed by atoms with Crippen LogP contribution >= 0.6 is 23.2 Å². The fourth-order valence-electron chi connectivity index (χ4n) is 3.39. The van der Waals surface area contributed by atoms with E-state index in [1.54, 1.807) is 0 Å². The highest BCUT2D eigenvalue weighted by atomic mass is 35.5. The lowest BCUT2D eigenvalue weighted by molar-refractivity contribution is -0.0757. The summed E-state index contributed by atoms with van der Waals surface area (Å²) < 4.78 is 6.03. The van der Waals surface area contributed by atoms with Gasteiger partial charge in [-0.25, -0.2) is 0 Å². The fourth-order valence-corrected chi connectivity index (χ4v) is 3.81. The first kappa shape index (κ1) is 17.1. The molecular weight excluding hydrogens is 305 g/mol. The molecule has 1 N–H and O–H groups in total. The minimum absolute atomic E-state index is 0.0752. The van der Waals surface area contributed by atoms with Crippen LogP contribution in [0, 0.1) is 5.92 Å². The number of rotatable bonds is 5. The molecule has 21 heavy (non-hydrogen) atoms. The Labute approximate surface area is 138 Å². The van der Waals surface area contributed by atoms with Crippen LogP contribution in [0.4, 0.5) is 0 Å². The summed E-state index contributed by atoms with van der Waals surface area (Å²) in [5.74, 6) is 0.769. The van der Waals surface area contributed by atoms with E-state index >= 15 is 0 Å². The van der Waals surface area contributed by atoms with Crippen molar-refractivity contribution >= 4 is 23.2 Å². The lowest BCUT2D eigenvalue weighted by atomic mass is 9.73. The predicted molar refractivity (Wildman–Crippen MR) is 90.3 cm³/mol. The van der Waals surface area contributed by atoms with Crippen LogP contribution in [-0.2, 0) is 4.74 Å². The molecule has 1 unspecified atom stereocenters. The van der Waals surface area contributed by atoms with E-state index in [4.69, 9.17) is 27.9 Å². The molecule has 0 aliphatic heterocycles. The van der Waals surface area contributed by atoms with Crippen molar-refractivity contribution in [1.82, 2.24) is 5.32 Å². The zero-order valence-corrected chi connectivity index (χ0v) is 14.6. The molecule has 0 radical (unpaired) electrons. The van der Waals surface area contributed by atoms with Gasteiger partial charge in [-0.3, -0.25) is 0 Å². The Morgan fingerprint density at radius 3 is 2.57 bits per heavy atom. The second-order valence-corrected chi connectivity index (χ2v) is 6.87. The van der Waals surface area contributed by atoms with Crippen molar-refractivity contribution in [2.75, 3.05) is 13.7 Å². The minimum Gasteiger partial charge on any atom is -0.376 e. The molecule has 1 aromatic carbocycles. The number of benzene rings is 1. The standard InChI is InChI=1S/C17H25Cl2NO/c1-4-20-16(13-6-5-7-14(18)15(13)19)17(21-3)10-8-12(2)9-11-17/h5-7,12,16,20H,4,8-11H2,1-3H3. The molecule has 2 nitrogen and oxygen atoms in total. The first-order chi connectivity index (χ1) is 10.0. The van der Waals surface area contributed by atoms with Gasteiger partial charge in [0.2, 0.25) is 0 Å². The molecule has 118 valence electrons. The molecule has 4 heteroatoms. The summed E-state index contributed by atoms with van der Waals surface area (Å²) in [5.41, 5.74) is 0.846. The van der Waals surface area contributed by atoms with Gasteiger partial charge in [-0.1, -0.05) is 49.2 Å². The maximum absolute atomic E-state index is 6.46. The number of halogens is 2. The summed E-state index contributed by atoms with van der Waals surface area (Å²) >= 11 is 12.7. The van der Waals surface area contributed by atoms with Gasteiger partial charge >= 0.3 is 0 Å². The van der Waals surface area contributed by atoms with Crippen LogP contribution in [0.5, 0.6) is 0 Å². The molecule has 0 heterocycles. The van der Waals surface area contributed by atoms with Crippen molar-refractivity contribution in [3.63, 3.8) is 0 Å². The Balaban J connectivity index is 2.39. The van der Waals surface area contributed by atoms with Crippen molar-refractivity contribution in [3.05, 3.63) is 33.8 Å². The van der Waals surface area contributed by atoms with Gasteiger partial charge in [0.25, 0.3) is 0 Å². The zero-order valence-electron chi connectivity index (χ0n) is 13.1. The van der Waals surface area contributed by atoms with Gasteiger partial charge in [0.05, 0.1) is 21.7 Å². The van der Waals surface area contributed by atoms with Crippen molar-refractivity contribution in [1.29, 1.82) is 0 Å². The summed E-state index contributed by atoms with van der Waals surface area (Å²) in [6, 6.07) is 5.92. The van der Waals surface area contributed by atoms with Gasteiger partial charge in [-0.15, -0.1) is 0 Å². The number of hydrogen-bond acceptors (Lipinski definition) is 2. The van der Waals surface area contributed by atoms with Crippen LogP contribution < -0.4 is 5.32 Å². The van der Waals surface area contributed by atoms with E-state index in [0.29, 0.717) is 10.0 Å². The van der Waals surface area contributed by atoms with Crippen molar-refractivity contribution in [2.45, 2.75) is 51.2 Å². The summed E-state index contributed by atoms with van der Waals surface area (Å²) in [6.45, 7) is 5.29. The van der Waals surface area contributed by atoms with E-state index in [9.17, 15) is 0 Å². The first-order valence-corrected chi connectivity index (χ1v) is 8.52. The third kappa shape index (κ3) is 3.56. The van der Waals surface area contributed by atoms with Crippen molar-refractivity contribution in [2.24, 2.45) is 5.92 Å². The quantitative estimate of drug-likeness (QED) is 0.797. The van der Waals surface area contributed by atoms with E-state index in [0.717, 1.165) is 30.9 Å². The average molecular weight is 330 g/mol. The van der Waals surface area contributed by atoms with Gasteiger partial charge in [0, 0.05) is 7.11 Å². The Bertz CT molecular complexity index is 470. The molecule has 2 rings (SSSR count). The number of likely N-dealkylation sites (N-methyl/N-ethyl adjacent to an activating group) is 1. The maximum atomic E-state index is 6.46. The van der Waals surface area contributed by atoms with E-state index in [1.165, 1.54) is 12.8 Å². The van der Waals surface area contributed by atoms with Crippen LogP contribution in [0.15, 0.2) is 18.2 Å². The first-order valence-electron chi connectivity index (χ1n) is 7.76. The number of nitrogens with one attached hydrogen (secondary N) is 1. The lowest BCUT2D eigenvalue weighted by Crippen LogP contribution is -2.48. The lowest BCUT2D eigenvalue weighted by Gasteiger charge is -2.44. The second-order valence-electron chi connectivity index (χ2n) is 6.09. The summed E-state index contributed by atoms with van der Waals surface area (Å²) in [7, 11) is 1.82. The molecule has 0 saturated heterocycles. The highest BCUT2D eigenvalue weighted by molar-refractivity contribution is 6.42. The van der Waals surface area contributed by atoms with Gasteiger partial charge in [-0.05, 0) is 49.8 Å². The highest BCUT2D eigenvalue weighted by Crippen LogP contribution is 2.45. The Morgan fingerprint density at radius 2 is 2.00 bits per heavy atom. The molecule has 1 saturated carbocycles. The van der Waals surface area contributed by atoms with E-state index < -0.39 is 0 Å². The SMILES string of the molecule is CCNC(c1cccc(Cl)c1Cl)C1(OC)CCC(C)CC1. The molecule has 1 aromatic rings. The average Bonchev–Trinajstić information content (AvgIpc) is 2.50. The fraction of sp³-hybridized carbons (Fsp3) is 0.647. The Kier molecular flexibility index (Phi) is 5.96. The maximum Gasteiger partial charge on any atom is 0.0873 e. The van der Waals surface area contributed by atoms with Gasteiger partial charge < -0.3 is 10.1 Å². The van der Waals surface area contributed by atoms with Crippen LogP contribution in [0.25, 0.3) is 0 Å². The summed E-state index contributed by atoms with van der Waals surface area (Å²) in [5, 5.41) is 4.82. The van der Waals surface area contributed by atoms with Gasteiger partial charge in [0.1, 0.15) is 0 Å². The van der Waals surface area contributed by atoms with E-state index in [1.807, 2.05) is 19.2 Å². The van der Waals surface area contributed by atoms with Gasteiger partial charge in [-0.2, -0.15) is 0 Å². The number of hydrogen-bond donors (Lipinski definition) is 1. The topological polar surface area (TPSA) is 21.3 Å². The van der Waals surface area contributed by atoms with Crippen molar-refractivity contribution in [3.8, 4) is 0 Å². The third-order valence-electron chi connectivity index (χ3n) is 4.75. The van der Waals surface area contributed by atoms with Crippen LogP contribution in [0.3, 0.4) is 0 Å². The molecule has 0 bridgehead atoms. The van der Waals surface area contributed by atoms with Crippen LogP contribution in [-0.4, -0.2) is 19.3 Å². The van der Waals surface area contributed by atoms with Crippen LogP contribution in [0.1, 0.15) is 51.1 Å². The van der Waals surface area contributed by atoms with E-state index in [2.05, 4.69) is 25.2 Å². The monoisotopic (exact) mass is 329 g/mol. The second kappa shape index (κ2) is 7.32. The Hall–Kier alpha value is -0.280. The summed E-state index contributed by atoms with van der Waals surface area (Å²) in [4.78, 5) is 0. The highest BCUT2D eigenvalue weighted by Gasteiger charge is 2.42. The zero-order chi connectivity index (χ0) is 15.5. The van der Waals surface area contributed by atoms with E-state index in [-0.39, 0.29) is 11.6 Å². The molecule has 1 aliphatic carbocycles. The number of methoxy groups -OCH3 is 1. The molecular formula is C17H25Cl2NO. The molecule has 0 amide bonds. The molecule has 0 aromatic heterocycles. The predicted octanol–water partition coefficient (Wildman–Crippen LogP) is 5.24. The smallest absolute Gasteiger partial charge is 0.0873 e. The summed E-state index contributed by atoms with van der Waals surface area (Å²) in [6.07, 6.45) is 4.47. The molecule has 1 aliphatic rings. The largest absolute Gasteiger partial charge is 0.376 e. The minimum atomic E-state index is -0.198. The number of ether oxygens (including phenoxy) is 1. The molecule has 0 spiro atoms. The van der Waals surface area contributed by atoms with Crippen LogP contribution in [0.2, 0.25) is 10.0 Å².